The number of methoxy groups -OCH3 is 1. The van der Waals surface area contributed by atoms with E-state index in [9.17, 15) is 17.6 Å². The van der Waals surface area contributed by atoms with E-state index in [4.69, 9.17) is 4.74 Å². The van der Waals surface area contributed by atoms with Crippen LogP contribution in [-0.4, -0.2) is 71.8 Å². The summed E-state index contributed by atoms with van der Waals surface area (Å²) in [5.74, 6) is 7.04. The highest BCUT2D eigenvalue weighted by molar-refractivity contribution is 7.20. The van der Waals surface area contributed by atoms with Gasteiger partial charge in [0.15, 0.2) is 5.82 Å². The molecule has 0 aliphatic carbocycles. The van der Waals surface area contributed by atoms with E-state index < -0.39 is 24.8 Å². The maximum absolute atomic E-state index is 14.7. The molecule has 0 bridgehead atoms. The van der Waals surface area contributed by atoms with Gasteiger partial charge < -0.3 is 20.3 Å². The Morgan fingerprint density at radius 1 is 1.17 bits per heavy atom. The first-order valence-electron chi connectivity index (χ1n) is 13.1. The number of likely N-dealkylation sites (tertiary alicyclic amines) is 1. The van der Waals surface area contributed by atoms with Crippen molar-refractivity contribution in [1.29, 1.82) is 0 Å². The molecule has 2 N–H and O–H groups in total. The van der Waals surface area contributed by atoms with Gasteiger partial charge in [0.05, 0.1) is 47.1 Å². The van der Waals surface area contributed by atoms with Crippen LogP contribution in [0.5, 0.6) is 5.75 Å². The minimum absolute atomic E-state index is 0.138. The first-order valence-corrected chi connectivity index (χ1v) is 13.9. The lowest BCUT2D eigenvalue weighted by molar-refractivity contribution is -0.126. The minimum atomic E-state index is -4.40. The molecule has 1 aliphatic heterocycles. The van der Waals surface area contributed by atoms with Gasteiger partial charge in [-0.1, -0.05) is 24.0 Å². The number of thiophene rings is 1. The maximum Gasteiger partial charge on any atom is 0.393 e. The van der Waals surface area contributed by atoms with Crippen LogP contribution in [0.1, 0.15) is 16.9 Å². The second-order valence-electron chi connectivity index (χ2n) is 10.0. The van der Waals surface area contributed by atoms with E-state index in [0.717, 1.165) is 12.1 Å². The Balaban J connectivity index is 1.38. The van der Waals surface area contributed by atoms with E-state index >= 15 is 0 Å². The highest BCUT2D eigenvalue weighted by Crippen LogP contribution is 2.39. The van der Waals surface area contributed by atoms with E-state index in [-0.39, 0.29) is 12.1 Å². The van der Waals surface area contributed by atoms with Gasteiger partial charge in [-0.2, -0.15) is 18.3 Å². The van der Waals surface area contributed by atoms with E-state index in [1.54, 1.807) is 49.4 Å². The topological polar surface area (TPSA) is 67.2 Å². The normalized spacial score (nSPS) is 17.7. The van der Waals surface area contributed by atoms with Crippen molar-refractivity contribution in [3.8, 4) is 29.0 Å². The Morgan fingerprint density at radius 2 is 2.00 bits per heavy atom. The van der Waals surface area contributed by atoms with Gasteiger partial charge in [-0.3, -0.25) is 4.68 Å². The number of ether oxygens (including phenoxy) is 1. The molecule has 1 aliphatic rings. The largest absolute Gasteiger partial charge is 0.495 e. The number of halogens is 4. The van der Waals surface area contributed by atoms with Crippen molar-refractivity contribution >= 4 is 32.8 Å². The summed E-state index contributed by atoms with van der Waals surface area (Å²) in [4.78, 5) is 6.52. The number of aromatic nitrogens is 3. The molecule has 41 heavy (non-hydrogen) atoms. The van der Waals surface area contributed by atoms with Crippen LogP contribution < -0.4 is 15.4 Å². The van der Waals surface area contributed by atoms with Crippen molar-refractivity contribution in [1.82, 2.24) is 19.7 Å². The number of nitrogens with one attached hydrogen (secondary N) is 2. The van der Waals surface area contributed by atoms with Crippen molar-refractivity contribution in [3.05, 3.63) is 53.2 Å². The van der Waals surface area contributed by atoms with Crippen molar-refractivity contribution in [2.75, 3.05) is 44.4 Å². The van der Waals surface area contributed by atoms with Gasteiger partial charge in [-0.15, -0.1) is 11.3 Å². The van der Waals surface area contributed by atoms with Crippen molar-refractivity contribution in [2.24, 2.45) is 7.05 Å². The van der Waals surface area contributed by atoms with Crippen LogP contribution in [0.25, 0.3) is 21.5 Å². The number of alkyl halides is 4. The van der Waals surface area contributed by atoms with E-state index in [0.29, 0.717) is 50.9 Å². The van der Waals surface area contributed by atoms with Gasteiger partial charge in [0.1, 0.15) is 18.2 Å². The SMILES string of the molecule is COc1cc(-c2ncn(C)n2)ccc1NCC#Cc1sc2c(N[C@H]3CCN(C)C[C@H]3F)cccc2c1CC(F)(F)F. The first-order chi connectivity index (χ1) is 19.6. The Hall–Kier alpha value is -3.82. The number of fused-ring (bicyclic) bond motifs is 1. The Kier molecular flexibility index (Phi) is 8.37. The van der Waals surface area contributed by atoms with Crippen molar-refractivity contribution in [2.45, 2.75) is 31.2 Å². The lowest BCUT2D eigenvalue weighted by atomic mass is 10.0. The molecule has 0 radical (unpaired) electrons. The molecule has 0 spiro atoms. The van der Waals surface area contributed by atoms with E-state index in [1.807, 2.05) is 24.1 Å². The lowest BCUT2D eigenvalue weighted by Gasteiger charge is -2.33. The molecule has 2 aromatic carbocycles. The average molecular weight is 587 g/mol. The highest BCUT2D eigenvalue weighted by atomic mass is 32.1. The van der Waals surface area contributed by atoms with Crippen LogP contribution in [0.4, 0.5) is 28.9 Å². The molecule has 1 saturated heterocycles. The molecule has 3 heterocycles. The smallest absolute Gasteiger partial charge is 0.393 e. The minimum Gasteiger partial charge on any atom is -0.495 e. The molecule has 5 rings (SSSR count). The monoisotopic (exact) mass is 586 g/mol. The summed E-state index contributed by atoms with van der Waals surface area (Å²) in [6.07, 6.45) is -4.35. The maximum atomic E-state index is 14.7. The van der Waals surface area contributed by atoms with Gasteiger partial charge >= 0.3 is 6.18 Å². The number of hydrogen-bond acceptors (Lipinski definition) is 7. The van der Waals surface area contributed by atoms with Gasteiger partial charge in [-0.25, -0.2) is 9.37 Å². The second-order valence-corrected chi connectivity index (χ2v) is 11.0. The third kappa shape index (κ3) is 6.74. The number of aryl methyl sites for hydroxylation is 1. The van der Waals surface area contributed by atoms with Crippen molar-refractivity contribution in [3.63, 3.8) is 0 Å². The molecule has 2 atom stereocenters. The first kappa shape index (κ1) is 28.7. The zero-order valence-electron chi connectivity index (χ0n) is 22.8. The molecule has 7 nitrogen and oxygen atoms in total. The summed E-state index contributed by atoms with van der Waals surface area (Å²) in [6.45, 7) is 1.24. The van der Waals surface area contributed by atoms with Crippen molar-refractivity contribution < 1.29 is 22.3 Å². The van der Waals surface area contributed by atoms with Crippen LogP contribution in [0.3, 0.4) is 0 Å². The lowest BCUT2D eigenvalue weighted by Crippen LogP contribution is -2.46. The van der Waals surface area contributed by atoms with E-state index in [2.05, 4.69) is 32.6 Å². The summed E-state index contributed by atoms with van der Waals surface area (Å²) in [5, 5.41) is 11.2. The Morgan fingerprint density at radius 3 is 2.71 bits per heavy atom. The summed E-state index contributed by atoms with van der Waals surface area (Å²) in [6, 6.07) is 10.2. The Bertz CT molecular complexity index is 1590. The number of anilines is 2. The zero-order chi connectivity index (χ0) is 29.1. The highest BCUT2D eigenvalue weighted by Gasteiger charge is 2.32. The third-order valence-electron chi connectivity index (χ3n) is 6.91. The van der Waals surface area contributed by atoms with Gasteiger partial charge in [-0.05, 0) is 48.7 Å². The quantitative estimate of drug-likeness (QED) is 0.213. The number of rotatable bonds is 7. The van der Waals surface area contributed by atoms with Crippen LogP contribution >= 0.6 is 11.3 Å². The molecule has 216 valence electrons. The van der Waals surface area contributed by atoms with Crippen LogP contribution in [0.15, 0.2) is 42.7 Å². The second kappa shape index (κ2) is 12.0. The number of piperidine rings is 1. The molecule has 2 aromatic heterocycles. The van der Waals surface area contributed by atoms with Gasteiger partial charge in [0, 0.05) is 25.7 Å². The fraction of sp³-hybridized carbons (Fsp3) is 0.379. The standard InChI is InChI=1S/C29H30F4N6OS/c1-38-13-11-22(21(30)16-38)36-24-7-4-6-19-20(15-29(31,32)33)26(41-27(19)24)8-5-12-34-23-10-9-18(14-25(23)40-3)28-35-17-39(2)37-28/h4,6-7,9-10,14,17,21-22,34,36H,11-13,15-16H2,1-3H3/t21-,22+/m1/s1. The van der Waals surface area contributed by atoms with Crippen LogP contribution in [0.2, 0.25) is 0 Å². The average Bonchev–Trinajstić information content (AvgIpc) is 3.51. The zero-order valence-corrected chi connectivity index (χ0v) is 23.7. The molecule has 12 heteroatoms. The molecule has 0 unspecified atom stereocenters. The molecular weight excluding hydrogens is 556 g/mol. The van der Waals surface area contributed by atoms with E-state index in [1.165, 1.54) is 11.3 Å². The number of benzene rings is 2. The summed E-state index contributed by atoms with van der Waals surface area (Å²) < 4.78 is 63.2. The Labute approximate surface area is 239 Å². The summed E-state index contributed by atoms with van der Waals surface area (Å²) >= 11 is 1.20. The molecule has 1 fully saturated rings. The summed E-state index contributed by atoms with van der Waals surface area (Å²) in [5.41, 5.74) is 2.23. The molecular formula is C29H30F4N6OS. The fourth-order valence-electron chi connectivity index (χ4n) is 4.89. The fourth-order valence-corrected chi connectivity index (χ4v) is 6.06. The molecule has 4 aromatic rings. The van der Waals surface area contributed by atoms with Gasteiger partial charge in [0.2, 0.25) is 0 Å². The number of nitrogens with zero attached hydrogens (tertiary/aromatic N) is 4. The van der Waals surface area contributed by atoms with Crippen LogP contribution in [-0.2, 0) is 13.5 Å². The van der Waals surface area contributed by atoms with Gasteiger partial charge in [0.25, 0.3) is 0 Å². The molecule has 0 saturated carbocycles. The number of hydrogen-bond donors (Lipinski definition) is 2. The molecule has 0 amide bonds. The third-order valence-corrected chi connectivity index (χ3v) is 8.11. The summed E-state index contributed by atoms with van der Waals surface area (Å²) in [7, 11) is 5.20. The predicted octanol–water partition coefficient (Wildman–Crippen LogP) is 5.73. The predicted molar refractivity (Wildman–Crippen MR) is 154 cm³/mol. The van der Waals surface area contributed by atoms with Crippen LogP contribution in [0, 0.1) is 11.8 Å².